The Bertz CT molecular complexity index is 1270. The summed E-state index contributed by atoms with van der Waals surface area (Å²) in [6.07, 6.45) is 1.70. The van der Waals surface area contributed by atoms with Crippen LogP contribution >= 0.6 is 11.5 Å². The first-order valence-corrected chi connectivity index (χ1v) is 12.6. The van der Waals surface area contributed by atoms with Gasteiger partial charge < -0.3 is 26.3 Å². The van der Waals surface area contributed by atoms with Crippen molar-refractivity contribution in [2.24, 2.45) is 5.73 Å². The van der Waals surface area contributed by atoms with Crippen molar-refractivity contribution < 1.29 is 23.9 Å². The third-order valence-electron chi connectivity index (χ3n) is 6.15. The van der Waals surface area contributed by atoms with Gasteiger partial charge >= 0.3 is 0 Å². The van der Waals surface area contributed by atoms with Crippen molar-refractivity contribution in [2.45, 2.75) is 31.9 Å². The fourth-order valence-electron chi connectivity index (χ4n) is 4.15. The summed E-state index contributed by atoms with van der Waals surface area (Å²) in [7, 11) is 1.55. The highest BCUT2D eigenvalue weighted by atomic mass is 32.1. The van der Waals surface area contributed by atoms with Crippen LogP contribution in [0.15, 0.2) is 48.5 Å². The van der Waals surface area contributed by atoms with E-state index in [1.807, 2.05) is 19.1 Å². The summed E-state index contributed by atoms with van der Waals surface area (Å²) in [6.45, 7) is 2.89. The molecule has 11 heteroatoms. The van der Waals surface area contributed by atoms with Crippen molar-refractivity contribution in [3.8, 4) is 5.75 Å². The summed E-state index contributed by atoms with van der Waals surface area (Å²) >= 11 is 0.764. The largest absolute Gasteiger partial charge is 0.497 e. The fraction of sp³-hybridized carbons (Fsp3) is 0.308. The number of nitrogens with zero attached hydrogens (tertiary/aromatic N) is 2. The molecular formula is C26H29N5O5S. The number of aryl methyl sites for hydroxylation is 1. The summed E-state index contributed by atoms with van der Waals surface area (Å²) in [5.74, 6) is -1.21. The Hall–Kier alpha value is -3.96. The zero-order valence-corrected chi connectivity index (χ0v) is 21.4. The molecule has 1 aliphatic heterocycles. The Labute approximate surface area is 218 Å². The Morgan fingerprint density at radius 2 is 1.89 bits per heavy atom. The molecule has 0 bridgehead atoms. The molecular weight excluding hydrogens is 494 g/mol. The Kier molecular flexibility index (Phi) is 8.04. The van der Waals surface area contributed by atoms with Crippen LogP contribution in [0.4, 0.5) is 11.4 Å². The Balaban J connectivity index is 1.80. The van der Waals surface area contributed by atoms with Crippen LogP contribution in [0.2, 0.25) is 0 Å². The zero-order chi connectivity index (χ0) is 26.5. The van der Waals surface area contributed by atoms with Gasteiger partial charge in [0.1, 0.15) is 16.7 Å². The molecule has 1 aromatic heterocycles. The number of ether oxygens (including phenoxy) is 2. The summed E-state index contributed by atoms with van der Waals surface area (Å²) < 4.78 is 14.9. The third kappa shape index (κ3) is 5.73. The fourth-order valence-corrected chi connectivity index (χ4v) is 4.89. The van der Waals surface area contributed by atoms with Crippen molar-refractivity contribution >= 4 is 40.6 Å². The van der Waals surface area contributed by atoms with Crippen LogP contribution in [0.1, 0.15) is 50.2 Å². The molecule has 1 saturated heterocycles. The molecule has 0 aliphatic carbocycles. The van der Waals surface area contributed by atoms with Crippen LogP contribution in [0, 0.1) is 6.92 Å². The van der Waals surface area contributed by atoms with Crippen LogP contribution in [-0.2, 0) is 9.53 Å². The second-order valence-electron chi connectivity index (χ2n) is 8.70. The molecule has 1 aliphatic rings. The Morgan fingerprint density at radius 3 is 2.46 bits per heavy atom. The lowest BCUT2D eigenvalue weighted by atomic mass is 10.0. The molecule has 0 saturated carbocycles. The minimum Gasteiger partial charge on any atom is -0.497 e. The molecule has 194 valence electrons. The van der Waals surface area contributed by atoms with E-state index >= 15 is 0 Å². The van der Waals surface area contributed by atoms with E-state index in [-0.39, 0.29) is 22.4 Å². The van der Waals surface area contributed by atoms with Gasteiger partial charge in [0.25, 0.3) is 11.8 Å². The maximum Gasteiger partial charge on any atom is 0.273 e. The number of anilines is 2. The number of hydrogen-bond donors (Lipinski definition) is 3. The highest BCUT2D eigenvalue weighted by Gasteiger charge is 2.36. The van der Waals surface area contributed by atoms with Crippen molar-refractivity contribution in [3.05, 3.63) is 70.2 Å². The highest BCUT2D eigenvalue weighted by molar-refractivity contribution is 7.09. The number of primary amides is 1. The molecule has 3 aromatic rings. The maximum absolute atomic E-state index is 14.0. The average molecular weight is 524 g/mol. The van der Waals surface area contributed by atoms with Gasteiger partial charge in [-0.3, -0.25) is 19.3 Å². The predicted molar refractivity (Wildman–Crippen MR) is 141 cm³/mol. The van der Waals surface area contributed by atoms with E-state index in [4.69, 9.17) is 20.9 Å². The SMILES string of the molecule is COc1ccc([C@H](C(=O)NC[C@H]2CCCO2)N(C(=O)c2snc(C(N)=O)c2N)c2ccc(C)cc2)cc1. The first kappa shape index (κ1) is 26.1. The number of carbonyl (C=O) groups is 3. The van der Waals surface area contributed by atoms with Gasteiger partial charge in [0.05, 0.1) is 18.9 Å². The summed E-state index contributed by atoms with van der Waals surface area (Å²) in [5.41, 5.74) is 13.2. The van der Waals surface area contributed by atoms with Gasteiger partial charge in [0, 0.05) is 18.8 Å². The van der Waals surface area contributed by atoms with Gasteiger partial charge in [-0.25, -0.2) is 0 Å². The quantitative estimate of drug-likeness (QED) is 0.390. The molecule has 1 fully saturated rings. The number of rotatable bonds is 9. The summed E-state index contributed by atoms with van der Waals surface area (Å²) in [5, 5.41) is 2.95. The van der Waals surface area contributed by atoms with Gasteiger partial charge in [-0.1, -0.05) is 29.8 Å². The van der Waals surface area contributed by atoms with Gasteiger partial charge in [0.2, 0.25) is 5.91 Å². The number of hydrogen-bond acceptors (Lipinski definition) is 8. The predicted octanol–water partition coefficient (Wildman–Crippen LogP) is 2.82. The molecule has 0 unspecified atom stereocenters. The molecule has 4 rings (SSSR count). The normalized spacial score (nSPS) is 15.7. The average Bonchev–Trinajstić information content (AvgIpc) is 3.56. The topological polar surface area (TPSA) is 150 Å². The van der Waals surface area contributed by atoms with Crippen molar-refractivity contribution in [2.75, 3.05) is 30.9 Å². The van der Waals surface area contributed by atoms with Crippen LogP contribution in [0.25, 0.3) is 0 Å². The molecule has 0 radical (unpaired) electrons. The number of nitrogens with one attached hydrogen (secondary N) is 1. The van der Waals surface area contributed by atoms with Crippen LogP contribution in [0.5, 0.6) is 5.75 Å². The molecule has 0 spiro atoms. The zero-order valence-electron chi connectivity index (χ0n) is 20.6. The third-order valence-corrected chi connectivity index (χ3v) is 7.00. The van der Waals surface area contributed by atoms with E-state index in [0.29, 0.717) is 30.2 Å². The highest BCUT2D eigenvalue weighted by Crippen LogP contribution is 2.34. The van der Waals surface area contributed by atoms with Crippen LogP contribution in [-0.4, -0.2) is 48.5 Å². The van der Waals surface area contributed by atoms with E-state index in [1.165, 1.54) is 4.90 Å². The van der Waals surface area contributed by atoms with Gasteiger partial charge in [-0.05, 0) is 61.1 Å². The molecule has 10 nitrogen and oxygen atoms in total. The number of aromatic nitrogens is 1. The minimum atomic E-state index is -1.07. The Morgan fingerprint density at radius 1 is 1.19 bits per heavy atom. The number of methoxy groups -OCH3 is 1. The lowest BCUT2D eigenvalue weighted by Crippen LogP contribution is -2.45. The second-order valence-corrected chi connectivity index (χ2v) is 9.48. The molecule has 5 N–H and O–H groups in total. The van der Waals surface area contributed by atoms with Crippen molar-refractivity contribution in [1.82, 2.24) is 9.69 Å². The van der Waals surface area contributed by atoms with Crippen LogP contribution < -0.4 is 26.4 Å². The minimum absolute atomic E-state index is 0.0137. The lowest BCUT2D eigenvalue weighted by Gasteiger charge is -2.31. The van der Waals surface area contributed by atoms with E-state index in [0.717, 1.165) is 29.9 Å². The molecule has 37 heavy (non-hydrogen) atoms. The van der Waals surface area contributed by atoms with Gasteiger partial charge in [0.15, 0.2) is 5.69 Å². The first-order chi connectivity index (χ1) is 17.8. The number of amides is 3. The number of nitrogens with two attached hydrogens (primary N) is 2. The van der Waals surface area contributed by atoms with Crippen LogP contribution in [0.3, 0.4) is 0 Å². The van der Waals surface area contributed by atoms with Gasteiger partial charge in [-0.2, -0.15) is 4.37 Å². The van der Waals surface area contributed by atoms with Crippen molar-refractivity contribution in [3.63, 3.8) is 0 Å². The molecule has 2 atom stereocenters. The first-order valence-electron chi connectivity index (χ1n) is 11.8. The second kappa shape index (κ2) is 11.4. The van der Waals surface area contributed by atoms with E-state index in [9.17, 15) is 14.4 Å². The summed E-state index contributed by atoms with van der Waals surface area (Å²) in [4.78, 5) is 40.9. The van der Waals surface area contributed by atoms with Crippen molar-refractivity contribution in [1.29, 1.82) is 0 Å². The molecule has 3 amide bonds. The van der Waals surface area contributed by atoms with E-state index in [1.54, 1.807) is 43.5 Å². The van der Waals surface area contributed by atoms with E-state index < -0.39 is 23.8 Å². The number of carbonyl (C=O) groups excluding carboxylic acids is 3. The maximum atomic E-state index is 14.0. The van der Waals surface area contributed by atoms with E-state index in [2.05, 4.69) is 9.69 Å². The monoisotopic (exact) mass is 523 g/mol. The molecule has 2 aromatic carbocycles. The molecule has 2 heterocycles. The van der Waals surface area contributed by atoms with Gasteiger partial charge in [-0.15, -0.1) is 0 Å². The number of nitrogen functional groups attached to an aromatic ring is 1. The smallest absolute Gasteiger partial charge is 0.273 e. The number of benzene rings is 2. The summed E-state index contributed by atoms with van der Waals surface area (Å²) in [6, 6.07) is 13.0. The standard InChI is InChI=1S/C26H29N5O5S/c1-15-5-9-17(10-6-15)31(26(34)23-20(27)21(24(28)32)30-37-23)22(16-7-11-18(35-2)12-8-16)25(33)29-14-19-4-3-13-36-19/h5-12,19,22H,3-4,13-14,27H2,1-2H3,(H2,28,32)(H,29,33)/t19-,22-/m1/s1. The lowest BCUT2D eigenvalue weighted by molar-refractivity contribution is -0.123.